The van der Waals surface area contributed by atoms with E-state index in [0.29, 0.717) is 12.6 Å². The van der Waals surface area contributed by atoms with Gasteiger partial charge in [-0.25, -0.2) is 0 Å². The summed E-state index contributed by atoms with van der Waals surface area (Å²) >= 11 is 0. The highest BCUT2D eigenvalue weighted by Crippen LogP contribution is 2.21. The highest BCUT2D eigenvalue weighted by Gasteiger charge is 2.23. The molecule has 1 fully saturated rings. The van der Waals surface area contributed by atoms with Crippen LogP contribution in [0.1, 0.15) is 37.3 Å². The predicted molar refractivity (Wildman–Crippen MR) is 87.6 cm³/mol. The van der Waals surface area contributed by atoms with Crippen molar-refractivity contribution in [3.63, 3.8) is 0 Å². The predicted octanol–water partition coefficient (Wildman–Crippen LogP) is 2.21. The van der Waals surface area contributed by atoms with Gasteiger partial charge in [0.2, 0.25) is 5.91 Å². The lowest BCUT2D eigenvalue weighted by Crippen LogP contribution is -2.36. The van der Waals surface area contributed by atoms with Gasteiger partial charge in [0.25, 0.3) is 0 Å². The molecule has 0 saturated heterocycles. The standard InChI is InChI=1S/C17H27N3O/c1-4-9-18-11-14-5-8-16(13(2)10-14)20(3)12-17(21)19-15-6-7-15/h5,8,10,15,18H,4,6-7,9,11-12H2,1-3H3,(H,19,21). The number of nitrogens with zero attached hydrogens (tertiary/aromatic N) is 1. The lowest BCUT2D eigenvalue weighted by atomic mass is 10.1. The monoisotopic (exact) mass is 289 g/mol. The minimum absolute atomic E-state index is 0.119. The molecule has 1 amide bonds. The van der Waals surface area contributed by atoms with Gasteiger partial charge in [-0.2, -0.15) is 0 Å². The van der Waals surface area contributed by atoms with E-state index in [4.69, 9.17) is 0 Å². The summed E-state index contributed by atoms with van der Waals surface area (Å²) in [5.41, 5.74) is 3.63. The quantitative estimate of drug-likeness (QED) is 0.721. The van der Waals surface area contributed by atoms with Crippen molar-refractivity contribution in [2.24, 2.45) is 0 Å². The van der Waals surface area contributed by atoms with E-state index in [9.17, 15) is 4.79 Å². The maximum atomic E-state index is 11.9. The van der Waals surface area contributed by atoms with Crippen molar-refractivity contribution in [3.05, 3.63) is 29.3 Å². The van der Waals surface area contributed by atoms with Crippen LogP contribution in [-0.4, -0.2) is 32.1 Å². The molecule has 0 unspecified atom stereocenters. The molecule has 4 heteroatoms. The van der Waals surface area contributed by atoms with Crippen molar-refractivity contribution in [2.45, 2.75) is 45.7 Å². The Morgan fingerprint density at radius 1 is 1.38 bits per heavy atom. The van der Waals surface area contributed by atoms with Crippen LogP contribution >= 0.6 is 0 Å². The second kappa shape index (κ2) is 7.46. The molecule has 1 aliphatic rings. The highest BCUT2D eigenvalue weighted by molar-refractivity contribution is 5.82. The van der Waals surface area contributed by atoms with Gasteiger partial charge in [-0.3, -0.25) is 4.79 Å². The molecule has 2 N–H and O–H groups in total. The lowest BCUT2D eigenvalue weighted by molar-refractivity contribution is -0.119. The topological polar surface area (TPSA) is 44.4 Å². The summed E-state index contributed by atoms with van der Waals surface area (Å²) in [4.78, 5) is 13.9. The van der Waals surface area contributed by atoms with Gasteiger partial charge in [0.1, 0.15) is 0 Å². The number of carbonyl (C=O) groups is 1. The largest absolute Gasteiger partial charge is 0.365 e. The fourth-order valence-electron chi connectivity index (χ4n) is 2.47. The third-order valence-corrected chi connectivity index (χ3v) is 3.75. The van der Waals surface area contributed by atoms with Crippen molar-refractivity contribution in [2.75, 3.05) is 25.0 Å². The van der Waals surface area contributed by atoms with Gasteiger partial charge in [0.15, 0.2) is 0 Å². The third kappa shape index (κ3) is 5.05. The van der Waals surface area contributed by atoms with E-state index in [1.165, 1.54) is 11.1 Å². The zero-order valence-electron chi connectivity index (χ0n) is 13.4. The Balaban J connectivity index is 1.90. The molecule has 0 aliphatic heterocycles. The van der Waals surface area contributed by atoms with Crippen LogP contribution < -0.4 is 15.5 Å². The summed E-state index contributed by atoms with van der Waals surface area (Å²) in [6, 6.07) is 6.88. The van der Waals surface area contributed by atoms with E-state index in [1.807, 2.05) is 11.9 Å². The molecule has 1 aliphatic carbocycles. The molecular weight excluding hydrogens is 262 g/mol. The molecule has 116 valence electrons. The summed E-state index contributed by atoms with van der Waals surface area (Å²) in [5, 5.41) is 6.44. The first-order valence-electron chi connectivity index (χ1n) is 7.91. The molecule has 0 atom stereocenters. The Kier molecular flexibility index (Phi) is 5.62. The normalized spacial score (nSPS) is 14.0. The molecule has 1 aromatic carbocycles. The molecule has 1 aromatic rings. The number of anilines is 1. The minimum Gasteiger partial charge on any atom is -0.365 e. The fraction of sp³-hybridized carbons (Fsp3) is 0.588. The lowest BCUT2D eigenvalue weighted by Gasteiger charge is -2.21. The molecular formula is C17H27N3O. The summed E-state index contributed by atoms with van der Waals surface area (Å²) in [7, 11) is 1.98. The summed E-state index contributed by atoms with van der Waals surface area (Å²) in [6.45, 7) is 6.64. The SMILES string of the molecule is CCCNCc1ccc(N(C)CC(=O)NC2CC2)c(C)c1. The first kappa shape index (κ1) is 15.8. The number of carbonyl (C=O) groups excluding carboxylic acids is 1. The Bertz CT molecular complexity index is 483. The molecule has 0 heterocycles. The van der Waals surface area contributed by atoms with E-state index in [-0.39, 0.29) is 5.91 Å². The van der Waals surface area contributed by atoms with Crippen LogP contribution in [0.15, 0.2) is 18.2 Å². The van der Waals surface area contributed by atoms with Crippen molar-refractivity contribution in [1.29, 1.82) is 0 Å². The first-order chi connectivity index (χ1) is 10.1. The number of likely N-dealkylation sites (N-methyl/N-ethyl adjacent to an activating group) is 1. The van der Waals surface area contributed by atoms with Crippen molar-refractivity contribution in [3.8, 4) is 0 Å². The van der Waals surface area contributed by atoms with Gasteiger partial charge in [-0.1, -0.05) is 19.1 Å². The molecule has 0 aromatic heterocycles. The molecule has 1 saturated carbocycles. The van der Waals surface area contributed by atoms with Crippen molar-refractivity contribution in [1.82, 2.24) is 10.6 Å². The first-order valence-corrected chi connectivity index (χ1v) is 7.91. The minimum atomic E-state index is 0.119. The molecule has 0 bridgehead atoms. The molecule has 21 heavy (non-hydrogen) atoms. The van der Waals surface area contributed by atoms with Crippen LogP contribution in [0, 0.1) is 6.92 Å². The van der Waals surface area contributed by atoms with E-state index in [1.54, 1.807) is 0 Å². The van der Waals surface area contributed by atoms with Crippen LogP contribution in [0.3, 0.4) is 0 Å². The van der Waals surface area contributed by atoms with Crippen LogP contribution in [-0.2, 0) is 11.3 Å². The third-order valence-electron chi connectivity index (χ3n) is 3.75. The average molecular weight is 289 g/mol. The van der Waals surface area contributed by atoms with Gasteiger partial charge in [-0.15, -0.1) is 0 Å². The smallest absolute Gasteiger partial charge is 0.239 e. The number of aryl methyl sites for hydroxylation is 1. The average Bonchev–Trinajstić information content (AvgIpc) is 3.22. The van der Waals surface area contributed by atoms with Gasteiger partial charge < -0.3 is 15.5 Å². The Morgan fingerprint density at radius 3 is 2.76 bits per heavy atom. The number of hydrogen-bond acceptors (Lipinski definition) is 3. The van der Waals surface area contributed by atoms with Crippen LogP contribution in [0.2, 0.25) is 0 Å². The van der Waals surface area contributed by atoms with Gasteiger partial charge >= 0.3 is 0 Å². The zero-order valence-corrected chi connectivity index (χ0v) is 13.4. The number of nitrogens with one attached hydrogen (secondary N) is 2. The number of hydrogen-bond donors (Lipinski definition) is 2. The van der Waals surface area contributed by atoms with Crippen molar-refractivity contribution >= 4 is 11.6 Å². The van der Waals surface area contributed by atoms with Gasteiger partial charge in [0, 0.05) is 25.3 Å². The second-order valence-corrected chi connectivity index (χ2v) is 6.00. The zero-order chi connectivity index (χ0) is 15.2. The Hall–Kier alpha value is -1.55. The molecule has 2 rings (SSSR count). The Labute approximate surface area is 127 Å². The van der Waals surface area contributed by atoms with Crippen LogP contribution in [0.25, 0.3) is 0 Å². The summed E-state index contributed by atoms with van der Waals surface area (Å²) in [6.07, 6.45) is 3.41. The number of amides is 1. The number of benzene rings is 1. The van der Waals surface area contributed by atoms with E-state index >= 15 is 0 Å². The molecule has 0 radical (unpaired) electrons. The Morgan fingerprint density at radius 2 is 2.14 bits per heavy atom. The summed E-state index contributed by atoms with van der Waals surface area (Å²) < 4.78 is 0. The van der Waals surface area contributed by atoms with Crippen LogP contribution in [0.4, 0.5) is 5.69 Å². The second-order valence-electron chi connectivity index (χ2n) is 6.00. The maximum Gasteiger partial charge on any atom is 0.239 e. The van der Waals surface area contributed by atoms with Crippen LogP contribution in [0.5, 0.6) is 0 Å². The highest BCUT2D eigenvalue weighted by atomic mass is 16.2. The van der Waals surface area contributed by atoms with Gasteiger partial charge in [-0.05, 0) is 49.9 Å². The maximum absolute atomic E-state index is 11.9. The van der Waals surface area contributed by atoms with E-state index in [0.717, 1.165) is 38.0 Å². The molecule has 0 spiro atoms. The van der Waals surface area contributed by atoms with E-state index < -0.39 is 0 Å². The van der Waals surface area contributed by atoms with Crippen molar-refractivity contribution < 1.29 is 4.79 Å². The fourth-order valence-corrected chi connectivity index (χ4v) is 2.47. The number of rotatable bonds is 8. The van der Waals surface area contributed by atoms with Gasteiger partial charge in [0.05, 0.1) is 6.54 Å². The summed E-state index contributed by atoms with van der Waals surface area (Å²) in [5.74, 6) is 0.119. The molecule has 4 nitrogen and oxygen atoms in total. The van der Waals surface area contributed by atoms with E-state index in [2.05, 4.69) is 42.7 Å².